The third kappa shape index (κ3) is 21.1. The quantitative estimate of drug-likeness (QED) is 0.0133. The van der Waals surface area contributed by atoms with E-state index in [4.69, 9.17) is 11.6 Å². The number of anilines is 2. The minimum absolute atomic E-state index is 0.0114. The molecule has 10 rings (SSSR count). The summed E-state index contributed by atoms with van der Waals surface area (Å²) in [5.41, 5.74) is 0.590. The number of benzene rings is 5. The maximum absolute atomic E-state index is 14.6. The molecule has 578 valence electrons. The van der Waals surface area contributed by atoms with E-state index in [1.807, 2.05) is 93.9 Å². The fourth-order valence-corrected chi connectivity index (χ4v) is 18.0. The number of halogens is 6. The molecule has 4 aliphatic rings. The third-order valence-corrected chi connectivity index (χ3v) is 25.7. The molecule has 0 spiro atoms. The van der Waals surface area contributed by atoms with Crippen LogP contribution in [0.5, 0.6) is 0 Å². The largest absolute Gasteiger partial charge is 0.501 e. The Bertz CT molecular complexity index is 4410. The molecule has 3 aliphatic heterocycles. The Kier molecular flexibility index (Phi) is 26.8. The summed E-state index contributed by atoms with van der Waals surface area (Å²) in [6.07, 6.45) is 3.41. The number of allylic oxidation sites excluding steroid dienone is 1. The number of nitrogens with one attached hydrogen (secondary N) is 4. The number of sulfonamides is 1. The van der Waals surface area contributed by atoms with E-state index >= 15 is 0 Å². The highest BCUT2D eigenvalue weighted by atomic mass is 35.5. The van der Waals surface area contributed by atoms with Crippen molar-refractivity contribution in [1.82, 2.24) is 39.9 Å². The average Bonchev–Trinajstić information content (AvgIpc) is 1.60. The minimum Gasteiger partial charge on any atom is -0.391 e. The number of thioether (sulfide) groups is 1. The first-order chi connectivity index (χ1) is 50.5. The number of aryl methyl sites for hydroxylation is 1. The van der Waals surface area contributed by atoms with E-state index < -0.39 is 111 Å². The molecule has 0 bridgehead atoms. The fourth-order valence-electron chi connectivity index (χ4n) is 14.1. The topological polar surface area (TPSA) is 251 Å². The highest BCUT2D eigenvalue weighted by molar-refractivity contribution is 7.99. The predicted octanol–water partition coefficient (Wildman–Crippen LogP) is 12.7. The number of aromatic nitrogens is 1. The zero-order valence-electron chi connectivity index (χ0n) is 61.1. The van der Waals surface area contributed by atoms with E-state index in [1.54, 1.807) is 33.9 Å². The van der Waals surface area contributed by atoms with Crippen LogP contribution in [0.3, 0.4) is 0 Å². The first kappa shape index (κ1) is 82.0. The number of aliphatic hydroxyl groups is 1. The molecule has 5 atom stereocenters. The van der Waals surface area contributed by atoms with Crippen LogP contribution in [0.15, 0.2) is 135 Å². The van der Waals surface area contributed by atoms with Gasteiger partial charge in [0.1, 0.15) is 33.6 Å². The molecule has 30 heteroatoms. The first-order valence-corrected chi connectivity index (χ1v) is 41.2. The molecule has 20 nitrogen and oxygen atoms in total. The molecular formula is C77H94ClF5N10O10S4. The number of unbranched alkanes of at least 4 members (excludes halogenated alkanes) is 2. The maximum atomic E-state index is 14.6. The number of hydrogen-bond donors (Lipinski definition) is 5. The Morgan fingerprint density at radius 2 is 1.45 bits per heavy atom. The van der Waals surface area contributed by atoms with E-state index in [-0.39, 0.29) is 60.8 Å². The van der Waals surface area contributed by atoms with Crippen molar-refractivity contribution in [1.29, 1.82) is 0 Å². The van der Waals surface area contributed by atoms with Crippen molar-refractivity contribution in [2.45, 2.75) is 163 Å². The zero-order chi connectivity index (χ0) is 77.3. The van der Waals surface area contributed by atoms with Gasteiger partial charge in [0.05, 0.1) is 38.8 Å². The average molecular weight is 1580 g/mol. The summed E-state index contributed by atoms with van der Waals surface area (Å²) in [6, 6.07) is 24.8. The number of alkyl halides is 3. The van der Waals surface area contributed by atoms with Crippen molar-refractivity contribution in [3.8, 4) is 10.4 Å². The number of carbonyl (C=O) groups excluding carboxylic acids is 5. The van der Waals surface area contributed by atoms with Gasteiger partial charge in [-0.15, -0.1) is 23.1 Å². The molecule has 5 aromatic carbocycles. The Labute approximate surface area is 636 Å². The predicted molar refractivity (Wildman–Crippen MR) is 407 cm³/mol. The van der Waals surface area contributed by atoms with Gasteiger partial charge in [-0.05, 0) is 152 Å². The fraction of sp³-hybridized carbons (Fsp3) is 0.481. The number of hydrogen-bond acceptors (Lipinski definition) is 17. The Morgan fingerprint density at radius 1 is 0.794 bits per heavy atom. The normalized spacial score (nSPS) is 18.6. The molecule has 6 aromatic rings. The van der Waals surface area contributed by atoms with Crippen molar-refractivity contribution in [2.75, 3.05) is 88.0 Å². The van der Waals surface area contributed by atoms with Crippen molar-refractivity contribution < 1.29 is 67.9 Å². The second-order valence-corrected chi connectivity index (χ2v) is 35.9. The maximum Gasteiger partial charge on any atom is 0.501 e. The molecule has 1 aromatic heterocycles. The standard InChI is InChI=1S/C77H94ClF5N10O10S4/c1-49(51-18-20-52(21-19-51)70-50(2)84-48-105-70)85-73(98)65-42-58(94)46-93(65)74(99)71(75(3,4)5)87-67(95)16-12-9-13-17-68(96)92-38-32-89(33-39-92)31-29-56(47-104-59-14-10-8-11-15-59)86-64-27-26-60(43-66(64)106(100,101)77(81,82)83)107(102,103)88-72(97)53-22-24-57(25-23-53)91-36-34-90(35-37-91)45-55-44-76(6,7)30-28-61(55)54-40-62(79)69(78)63(80)41-54/h8,10-11,14-15,18-27,40-41,43,48-49,56,58,65,71,86,94H,9,12-13,16-17,28-39,42,44-47H2,1-7H3,(H,85,98)(H,87,95)(H,88,97)/t49-,56+,58+,65-,71+/m0/s1. The van der Waals surface area contributed by atoms with E-state index in [0.717, 1.165) is 68.4 Å². The lowest BCUT2D eigenvalue weighted by Crippen LogP contribution is -2.57. The zero-order valence-corrected chi connectivity index (χ0v) is 65.1. The summed E-state index contributed by atoms with van der Waals surface area (Å²) in [7, 11) is -11.2. The van der Waals surface area contributed by atoms with Crippen LogP contribution in [0.1, 0.15) is 139 Å². The second-order valence-electron chi connectivity index (χ2n) is 29.9. The minimum atomic E-state index is -6.21. The monoisotopic (exact) mass is 1580 g/mol. The SMILES string of the molecule is Cc1ncsc1-c1ccc([C@H](C)NC(=O)[C@@H]2C[C@@H](O)CN2C(=O)[C@@H](NC(=O)CCCCCC(=O)N2CCN(CC[C@H](CSc3ccccc3)Nc3ccc(S(=O)(=O)NC(=O)c4ccc(N5CCN(CC6=C(c7cc(F)c(Cl)c(F)c7)CCC(C)(C)C6)CC5)cc4)cc3S(=O)(=O)C(F)(F)F)CC2)C(C)(C)C)cc1. The van der Waals surface area contributed by atoms with Crippen LogP contribution in [0.4, 0.5) is 33.3 Å². The third-order valence-electron chi connectivity index (χ3n) is 20.3. The van der Waals surface area contributed by atoms with Crippen LogP contribution in [0, 0.1) is 29.4 Å². The number of sulfone groups is 1. The van der Waals surface area contributed by atoms with Crippen LogP contribution in [-0.4, -0.2) is 184 Å². The number of β-amino-alcohol motifs (C(OH)–C–C–N with tert-alkyl or cyclic N) is 1. The van der Waals surface area contributed by atoms with Crippen LogP contribution in [-0.2, 0) is 39.0 Å². The Hall–Kier alpha value is -7.51. The lowest BCUT2D eigenvalue weighted by atomic mass is 9.72. The van der Waals surface area contributed by atoms with E-state index in [1.165, 1.54) is 40.9 Å². The molecule has 0 radical (unpaired) electrons. The molecular weight excluding hydrogens is 1480 g/mol. The highest BCUT2D eigenvalue weighted by Crippen LogP contribution is 2.44. The van der Waals surface area contributed by atoms with Gasteiger partial charge in [-0.25, -0.2) is 35.3 Å². The number of aliphatic hydroxyl groups excluding tert-OH is 1. The van der Waals surface area contributed by atoms with Crippen molar-refractivity contribution >= 4 is 101 Å². The molecule has 3 fully saturated rings. The molecule has 5 N–H and O–H groups in total. The molecule has 0 unspecified atom stereocenters. The molecule has 0 saturated carbocycles. The van der Waals surface area contributed by atoms with Gasteiger partial charge in [0.15, 0.2) is 0 Å². The van der Waals surface area contributed by atoms with Crippen molar-refractivity contribution in [3.05, 3.63) is 159 Å². The first-order valence-electron chi connectivity index (χ1n) is 36.0. The van der Waals surface area contributed by atoms with Crippen molar-refractivity contribution in [2.24, 2.45) is 10.8 Å². The van der Waals surface area contributed by atoms with E-state index in [9.17, 15) is 67.9 Å². The summed E-state index contributed by atoms with van der Waals surface area (Å²) in [6.45, 7) is 18.6. The number of amides is 5. The smallest absolute Gasteiger partial charge is 0.391 e. The molecule has 4 heterocycles. The number of likely N-dealkylation sites (tertiary alicyclic amines) is 1. The van der Waals surface area contributed by atoms with Crippen LogP contribution >= 0.6 is 34.7 Å². The van der Waals surface area contributed by atoms with Crippen LogP contribution in [0.25, 0.3) is 16.0 Å². The van der Waals surface area contributed by atoms with Gasteiger partial charge in [0, 0.05) is 119 Å². The van der Waals surface area contributed by atoms with Gasteiger partial charge in [-0.3, -0.25) is 33.8 Å². The van der Waals surface area contributed by atoms with Crippen LogP contribution < -0.4 is 25.6 Å². The second kappa shape index (κ2) is 35.0. The van der Waals surface area contributed by atoms with Crippen molar-refractivity contribution in [3.63, 3.8) is 0 Å². The summed E-state index contributed by atoms with van der Waals surface area (Å²) in [4.78, 5) is 82.2. The molecule has 5 amide bonds. The number of carbonyl (C=O) groups is 5. The number of piperazine rings is 2. The van der Waals surface area contributed by atoms with Gasteiger partial charge < -0.3 is 35.8 Å². The van der Waals surface area contributed by atoms with Gasteiger partial charge in [-0.1, -0.05) is 101 Å². The van der Waals surface area contributed by atoms with E-state index in [2.05, 4.69) is 49.5 Å². The number of thiazole rings is 1. The van der Waals surface area contributed by atoms with Gasteiger partial charge >= 0.3 is 5.51 Å². The number of rotatable bonds is 28. The molecule has 107 heavy (non-hydrogen) atoms. The Morgan fingerprint density at radius 3 is 2.08 bits per heavy atom. The highest BCUT2D eigenvalue weighted by Gasteiger charge is 2.49. The van der Waals surface area contributed by atoms with Gasteiger partial charge in [-0.2, -0.15) is 13.2 Å². The Balaban J connectivity index is 0.693. The summed E-state index contributed by atoms with van der Waals surface area (Å²) < 4.78 is 130. The summed E-state index contributed by atoms with van der Waals surface area (Å²) in [5.74, 6) is -3.83. The van der Waals surface area contributed by atoms with Gasteiger partial charge in [0.2, 0.25) is 23.6 Å². The summed E-state index contributed by atoms with van der Waals surface area (Å²) >= 11 is 8.73. The van der Waals surface area contributed by atoms with Gasteiger partial charge in [0.25, 0.3) is 25.8 Å². The lowest BCUT2D eigenvalue weighted by Gasteiger charge is -2.39. The summed E-state index contributed by atoms with van der Waals surface area (Å²) in [5, 5.41) is 19.1. The molecule has 1 aliphatic carbocycles. The van der Waals surface area contributed by atoms with E-state index in [0.29, 0.717) is 103 Å². The lowest BCUT2D eigenvalue weighted by molar-refractivity contribution is -0.144. The molecule has 3 saturated heterocycles. The number of nitrogens with zero attached hydrogens (tertiary/aromatic N) is 6. The van der Waals surface area contributed by atoms with Crippen LogP contribution in [0.2, 0.25) is 5.02 Å².